The van der Waals surface area contributed by atoms with Crippen molar-refractivity contribution < 1.29 is 0 Å². The monoisotopic (exact) mass is 344 g/mol. The van der Waals surface area contributed by atoms with Gasteiger partial charge >= 0.3 is 0 Å². The van der Waals surface area contributed by atoms with E-state index in [1.54, 1.807) is 15.6 Å². The number of hydrogen-bond acceptors (Lipinski definition) is 0. The highest BCUT2D eigenvalue weighted by Crippen LogP contribution is 2.12. The first-order valence-electron chi connectivity index (χ1n) is 9.10. The average Bonchev–Trinajstić information content (AvgIpc) is 2.53. The molecule has 0 N–H and O–H groups in total. The van der Waals surface area contributed by atoms with E-state index >= 15 is 0 Å². The predicted octanol–water partition coefficient (Wildman–Crippen LogP) is 3.79. The van der Waals surface area contributed by atoms with E-state index in [1.165, 1.54) is 33.4 Å². The third-order valence-electron chi connectivity index (χ3n) is 5.49. The van der Waals surface area contributed by atoms with Gasteiger partial charge in [0.2, 0.25) is 0 Å². The Labute approximate surface area is 154 Å². The Morgan fingerprint density at radius 1 is 0.400 bits per heavy atom. The molecule has 0 fully saturated rings. The summed E-state index contributed by atoms with van der Waals surface area (Å²) in [5, 5.41) is 4.78. The lowest BCUT2D eigenvalue weighted by Crippen LogP contribution is -2.57. The molecule has 0 atom stereocenters. The second-order valence-electron chi connectivity index (χ2n) is 7.35. The van der Waals surface area contributed by atoms with Gasteiger partial charge in [-0.1, -0.05) is 88.0 Å². The molecule has 0 amide bonds. The molecule has 25 heavy (non-hydrogen) atoms. The molecule has 0 heterocycles. The molecule has 1 heteroatoms. The highest BCUT2D eigenvalue weighted by atomic mass is 28.3. The van der Waals surface area contributed by atoms with Crippen molar-refractivity contribution >= 4 is 24.4 Å². The summed E-state index contributed by atoms with van der Waals surface area (Å²) >= 11 is 0. The smallest absolute Gasteiger partial charge is 0.0618 e. The minimum Gasteiger partial charge on any atom is -0.0618 e. The third-order valence-corrected chi connectivity index (χ3v) is 9.96. The van der Waals surface area contributed by atoms with Gasteiger partial charge < -0.3 is 0 Å². The van der Waals surface area contributed by atoms with Gasteiger partial charge in [0.1, 0.15) is 8.80 Å². The van der Waals surface area contributed by atoms with Crippen molar-refractivity contribution in [2.75, 3.05) is 0 Å². The van der Waals surface area contributed by atoms with Crippen LogP contribution < -0.4 is 15.6 Å². The van der Waals surface area contributed by atoms with E-state index in [-0.39, 0.29) is 0 Å². The van der Waals surface area contributed by atoms with E-state index in [0.29, 0.717) is 0 Å². The van der Waals surface area contributed by atoms with Crippen molar-refractivity contribution in [2.45, 2.75) is 41.5 Å². The van der Waals surface area contributed by atoms with Gasteiger partial charge in [0.25, 0.3) is 0 Å². The summed E-state index contributed by atoms with van der Waals surface area (Å²) in [5.41, 5.74) is 8.59. The molecule has 128 valence electrons. The molecule has 0 saturated heterocycles. The molecule has 0 unspecified atom stereocenters. The van der Waals surface area contributed by atoms with Gasteiger partial charge in [0, 0.05) is 0 Å². The summed E-state index contributed by atoms with van der Waals surface area (Å²) in [7, 11) is -1.54. The molecule has 0 aliphatic rings. The molecule has 0 aromatic heterocycles. The Kier molecular flexibility index (Phi) is 4.96. The molecule has 3 aromatic rings. The zero-order valence-electron chi connectivity index (χ0n) is 16.3. The fourth-order valence-corrected chi connectivity index (χ4v) is 8.46. The zero-order valence-corrected chi connectivity index (χ0v) is 17.4. The topological polar surface area (TPSA) is 0 Å². The lowest BCUT2D eigenvalue weighted by atomic mass is 10.1. The van der Waals surface area contributed by atoms with Crippen LogP contribution in [0.3, 0.4) is 0 Å². The molecule has 3 rings (SSSR count). The summed E-state index contributed by atoms with van der Waals surface area (Å²) in [4.78, 5) is 0. The maximum atomic E-state index is 2.28. The van der Waals surface area contributed by atoms with Gasteiger partial charge in [-0.2, -0.15) is 0 Å². The van der Waals surface area contributed by atoms with Crippen LogP contribution in [0.2, 0.25) is 0 Å². The Morgan fingerprint density at radius 2 is 0.600 bits per heavy atom. The minimum absolute atomic E-state index is 1.43. The molecule has 0 spiro atoms. The van der Waals surface area contributed by atoms with E-state index in [0.717, 1.165) is 0 Å². The van der Waals surface area contributed by atoms with Crippen LogP contribution >= 0.6 is 0 Å². The summed E-state index contributed by atoms with van der Waals surface area (Å²) in [6.07, 6.45) is 0. The average molecular weight is 345 g/mol. The summed E-state index contributed by atoms with van der Waals surface area (Å²) in [5.74, 6) is 0. The van der Waals surface area contributed by atoms with Crippen LogP contribution in [0.25, 0.3) is 0 Å². The highest BCUT2D eigenvalue weighted by molar-refractivity contribution is 6.97. The first-order valence-corrected chi connectivity index (χ1v) is 10.8. The molecule has 0 aliphatic heterocycles. The molecule has 0 aliphatic carbocycles. The van der Waals surface area contributed by atoms with Crippen LogP contribution in [0.5, 0.6) is 0 Å². The number of hydrogen-bond donors (Lipinski definition) is 0. The van der Waals surface area contributed by atoms with Crippen LogP contribution in [0.1, 0.15) is 33.4 Å². The molecule has 0 saturated carbocycles. The quantitative estimate of drug-likeness (QED) is 0.501. The van der Waals surface area contributed by atoms with Crippen molar-refractivity contribution in [1.29, 1.82) is 0 Å². The van der Waals surface area contributed by atoms with E-state index in [9.17, 15) is 0 Å². The standard InChI is InChI=1S/C24H28Si/c1-16-10-7-11-17(2)22(16)25(23-18(3)12-8-13-19(23)4)24-20(5)14-9-15-21(24)6/h7-15,25H,1-6H3. The van der Waals surface area contributed by atoms with Crippen molar-refractivity contribution in [1.82, 2.24) is 0 Å². The van der Waals surface area contributed by atoms with Crippen molar-refractivity contribution in [2.24, 2.45) is 0 Å². The van der Waals surface area contributed by atoms with Gasteiger partial charge in [-0.3, -0.25) is 0 Å². The van der Waals surface area contributed by atoms with Gasteiger partial charge in [0.15, 0.2) is 0 Å². The van der Waals surface area contributed by atoms with E-state index < -0.39 is 8.80 Å². The second-order valence-corrected chi connectivity index (χ2v) is 9.95. The fraction of sp³-hybridized carbons (Fsp3) is 0.250. The molecule has 0 bridgehead atoms. The third kappa shape index (κ3) is 3.21. The highest BCUT2D eigenvalue weighted by Gasteiger charge is 2.27. The van der Waals surface area contributed by atoms with Gasteiger partial charge in [-0.25, -0.2) is 0 Å². The lowest BCUT2D eigenvalue weighted by Gasteiger charge is -2.27. The predicted molar refractivity (Wildman–Crippen MR) is 114 cm³/mol. The molecule has 0 radical (unpaired) electrons. The van der Waals surface area contributed by atoms with E-state index in [4.69, 9.17) is 0 Å². The van der Waals surface area contributed by atoms with Crippen LogP contribution in [0.15, 0.2) is 54.6 Å². The second kappa shape index (κ2) is 7.01. The number of benzene rings is 3. The largest absolute Gasteiger partial charge is 0.135 e. The molecule has 0 nitrogen and oxygen atoms in total. The van der Waals surface area contributed by atoms with Crippen molar-refractivity contribution in [3.8, 4) is 0 Å². The van der Waals surface area contributed by atoms with Gasteiger partial charge in [-0.15, -0.1) is 0 Å². The van der Waals surface area contributed by atoms with Crippen LogP contribution in [-0.4, -0.2) is 8.80 Å². The SMILES string of the molecule is Cc1cccc(C)c1[SiH](c1c(C)cccc1C)c1c(C)cccc1C. The van der Waals surface area contributed by atoms with Crippen molar-refractivity contribution in [3.63, 3.8) is 0 Å². The zero-order chi connectivity index (χ0) is 18.1. The summed E-state index contributed by atoms with van der Waals surface area (Å²) < 4.78 is 0. The first-order chi connectivity index (χ1) is 11.9. The Bertz CT molecular complexity index is 738. The van der Waals surface area contributed by atoms with Gasteiger partial charge in [-0.05, 0) is 57.1 Å². The van der Waals surface area contributed by atoms with E-state index in [1.807, 2.05) is 0 Å². The number of aryl methyl sites for hydroxylation is 6. The fourth-order valence-electron chi connectivity index (χ4n) is 4.28. The number of rotatable bonds is 3. The molecule has 3 aromatic carbocycles. The maximum absolute atomic E-state index is 2.28. The maximum Gasteiger partial charge on any atom is 0.135 e. The molecular weight excluding hydrogens is 316 g/mol. The molecular formula is C24H28Si. The summed E-state index contributed by atoms with van der Waals surface area (Å²) in [6, 6.07) is 20.3. The van der Waals surface area contributed by atoms with Crippen LogP contribution in [0, 0.1) is 41.5 Å². The van der Waals surface area contributed by atoms with Crippen molar-refractivity contribution in [3.05, 3.63) is 88.0 Å². The first kappa shape index (κ1) is 17.7. The Balaban J connectivity index is 2.42. The van der Waals surface area contributed by atoms with Gasteiger partial charge in [0.05, 0.1) is 0 Å². The van der Waals surface area contributed by atoms with Crippen LogP contribution in [0.4, 0.5) is 0 Å². The van der Waals surface area contributed by atoms with E-state index in [2.05, 4.69) is 96.1 Å². The summed E-state index contributed by atoms with van der Waals surface area (Å²) in [6.45, 7) is 13.7. The lowest BCUT2D eigenvalue weighted by molar-refractivity contribution is 1.39. The van der Waals surface area contributed by atoms with Crippen LogP contribution in [-0.2, 0) is 0 Å². The normalized spacial score (nSPS) is 11.2. The Hall–Kier alpha value is -2.12. The Morgan fingerprint density at radius 3 is 0.800 bits per heavy atom. The minimum atomic E-state index is -1.54.